The summed E-state index contributed by atoms with van der Waals surface area (Å²) in [6.07, 6.45) is 0. The highest BCUT2D eigenvalue weighted by atomic mass is 32.2. The highest BCUT2D eigenvalue weighted by molar-refractivity contribution is 7.98. The number of hydrogen-bond donors (Lipinski definition) is 1. The van der Waals surface area contributed by atoms with Crippen LogP contribution in [0.5, 0.6) is 0 Å². The van der Waals surface area contributed by atoms with Gasteiger partial charge in [0.2, 0.25) is 0 Å². The molecule has 3 rings (SSSR count). The fourth-order valence-electron chi connectivity index (χ4n) is 1.82. The molecule has 2 heterocycles. The molecule has 0 aliphatic heterocycles. The zero-order chi connectivity index (χ0) is 13.9. The Bertz CT molecular complexity index is 804. The van der Waals surface area contributed by atoms with Crippen molar-refractivity contribution in [1.82, 2.24) is 9.97 Å². The highest BCUT2D eigenvalue weighted by Crippen LogP contribution is 2.28. The summed E-state index contributed by atoms with van der Waals surface area (Å²) in [5.41, 5.74) is 7.58. The van der Waals surface area contributed by atoms with Gasteiger partial charge in [-0.05, 0) is 23.1 Å². The third-order valence-electron chi connectivity index (χ3n) is 2.83. The van der Waals surface area contributed by atoms with Crippen LogP contribution in [-0.4, -0.2) is 9.97 Å². The van der Waals surface area contributed by atoms with Crippen LogP contribution >= 0.6 is 23.1 Å². The van der Waals surface area contributed by atoms with Crippen LogP contribution in [0, 0.1) is 11.3 Å². The summed E-state index contributed by atoms with van der Waals surface area (Å²) >= 11 is 3.04. The first kappa shape index (κ1) is 12.9. The first-order chi connectivity index (χ1) is 9.78. The van der Waals surface area contributed by atoms with Gasteiger partial charge in [0.25, 0.3) is 0 Å². The molecule has 98 valence electrons. The molecule has 0 unspecified atom stereocenters. The Labute approximate surface area is 124 Å². The quantitative estimate of drug-likeness (QED) is 0.592. The van der Waals surface area contributed by atoms with Crippen molar-refractivity contribution in [1.29, 1.82) is 5.26 Å². The number of thioether (sulfide) groups is 1. The van der Waals surface area contributed by atoms with Crippen LogP contribution in [0.25, 0.3) is 10.2 Å². The van der Waals surface area contributed by atoms with E-state index < -0.39 is 0 Å². The summed E-state index contributed by atoms with van der Waals surface area (Å²) in [4.78, 5) is 9.67. The Morgan fingerprint density at radius 1 is 1.25 bits per heavy atom. The third kappa shape index (κ3) is 2.46. The fraction of sp³-hybridized carbons (Fsp3) is 0.0714. The molecule has 6 heteroatoms. The van der Waals surface area contributed by atoms with Crippen molar-refractivity contribution < 1.29 is 0 Å². The Hall–Kier alpha value is -2.10. The van der Waals surface area contributed by atoms with E-state index >= 15 is 0 Å². The van der Waals surface area contributed by atoms with Crippen molar-refractivity contribution in [2.75, 3.05) is 5.73 Å². The molecule has 1 aromatic carbocycles. The van der Waals surface area contributed by atoms with Gasteiger partial charge >= 0.3 is 0 Å². The maximum atomic E-state index is 9.06. The first-order valence-corrected chi connectivity index (χ1v) is 7.76. The minimum absolute atomic E-state index is 0.507. The second-order valence-electron chi connectivity index (χ2n) is 4.09. The van der Waals surface area contributed by atoms with E-state index in [1.807, 2.05) is 35.7 Å². The Morgan fingerprint density at radius 3 is 2.95 bits per heavy atom. The zero-order valence-electron chi connectivity index (χ0n) is 10.4. The average Bonchev–Trinajstić information content (AvgIpc) is 2.94. The van der Waals surface area contributed by atoms with Gasteiger partial charge in [0.05, 0.1) is 17.0 Å². The van der Waals surface area contributed by atoms with Crippen molar-refractivity contribution in [2.45, 2.75) is 10.9 Å². The van der Waals surface area contributed by atoms with Gasteiger partial charge in [-0.3, -0.25) is 0 Å². The van der Waals surface area contributed by atoms with Crippen LogP contribution in [-0.2, 0) is 5.75 Å². The van der Waals surface area contributed by atoms with E-state index in [1.54, 1.807) is 11.3 Å². The van der Waals surface area contributed by atoms with Crippen molar-refractivity contribution in [3.8, 4) is 6.07 Å². The standard InChI is InChI=1S/C14H10N4S2/c15-7-9-3-1-2-4-10(9)8-20-14-17-12(16)11-5-6-19-13(11)18-14/h1-6H,8H2,(H2,16,17,18). The topological polar surface area (TPSA) is 75.6 Å². The number of nitriles is 1. The van der Waals surface area contributed by atoms with Gasteiger partial charge in [0, 0.05) is 5.75 Å². The van der Waals surface area contributed by atoms with Gasteiger partial charge in [-0.2, -0.15) is 5.26 Å². The molecule has 3 aromatic rings. The number of fused-ring (bicyclic) bond motifs is 1. The third-order valence-corrected chi connectivity index (χ3v) is 4.53. The van der Waals surface area contributed by atoms with Crippen LogP contribution in [0.15, 0.2) is 40.9 Å². The number of hydrogen-bond acceptors (Lipinski definition) is 6. The SMILES string of the molecule is N#Cc1ccccc1CSc1nc(N)c2ccsc2n1. The molecular formula is C14H10N4S2. The number of benzene rings is 1. The van der Waals surface area contributed by atoms with Gasteiger partial charge in [-0.1, -0.05) is 30.0 Å². The van der Waals surface area contributed by atoms with Crippen molar-refractivity contribution in [3.05, 3.63) is 46.8 Å². The molecule has 0 atom stereocenters. The lowest BCUT2D eigenvalue weighted by atomic mass is 10.1. The lowest BCUT2D eigenvalue weighted by molar-refractivity contribution is 1.02. The van der Waals surface area contributed by atoms with Crippen LogP contribution in [0.2, 0.25) is 0 Å². The van der Waals surface area contributed by atoms with Crippen LogP contribution < -0.4 is 5.73 Å². The first-order valence-electron chi connectivity index (χ1n) is 5.89. The van der Waals surface area contributed by atoms with E-state index in [4.69, 9.17) is 11.0 Å². The van der Waals surface area contributed by atoms with Crippen LogP contribution in [0.1, 0.15) is 11.1 Å². The zero-order valence-corrected chi connectivity index (χ0v) is 12.0. The summed E-state index contributed by atoms with van der Waals surface area (Å²) in [5, 5.41) is 12.6. The average molecular weight is 298 g/mol. The van der Waals surface area contributed by atoms with Gasteiger partial charge < -0.3 is 5.73 Å². The number of anilines is 1. The largest absolute Gasteiger partial charge is 0.383 e. The number of nitrogens with zero attached hydrogens (tertiary/aromatic N) is 3. The number of aromatic nitrogens is 2. The van der Waals surface area contributed by atoms with Gasteiger partial charge in [-0.25, -0.2) is 9.97 Å². The summed E-state index contributed by atoms with van der Waals surface area (Å²) in [7, 11) is 0. The molecule has 0 bridgehead atoms. The number of rotatable bonds is 3. The molecule has 0 saturated carbocycles. The molecule has 0 saturated heterocycles. The summed E-state index contributed by atoms with van der Waals surface area (Å²) in [5.74, 6) is 1.16. The van der Waals surface area contributed by atoms with Crippen LogP contribution in [0.3, 0.4) is 0 Å². The summed E-state index contributed by atoms with van der Waals surface area (Å²) in [6, 6.07) is 11.7. The highest BCUT2D eigenvalue weighted by Gasteiger charge is 2.08. The van der Waals surface area contributed by atoms with E-state index in [0.29, 0.717) is 22.3 Å². The van der Waals surface area contributed by atoms with Gasteiger partial charge in [0.1, 0.15) is 10.6 Å². The summed E-state index contributed by atoms with van der Waals surface area (Å²) in [6.45, 7) is 0. The van der Waals surface area contributed by atoms with Crippen molar-refractivity contribution >= 4 is 39.1 Å². The molecular weight excluding hydrogens is 288 g/mol. The van der Waals surface area contributed by atoms with Gasteiger partial charge in [-0.15, -0.1) is 11.3 Å². The maximum absolute atomic E-state index is 9.06. The van der Waals surface area contributed by atoms with Crippen molar-refractivity contribution in [3.63, 3.8) is 0 Å². The second-order valence-corrected chi connectivity index (χ2v) is 5.93. The van der Waals surface area contributed by atoms with Crippen LogP contribution in [0.4, 0.5) is 5.82 Å². The molecule has 4 nitrogen and oxygen atoms in total. The minimum Gasteiger partial charge on any atom is -0.383 e. The van der Waals surface area contributed by atoms with E-state index in [2.05, 4.69) is 16.0 Å². The predicted molar refractivity (Wildman–Crippen MR) is 82.5 cm³/mol. The maximum Gasteiger partial charge on any atom is 0.191 e. The molecule has 0 spiro atoms. The molecule has 2 aromatic heterocycles. The van der Waals surface area contributed by atoms with Crippen molar-refractivity contribution in [2.24, 2.45) is 0 Å². The molecule has 2 N–H and O–H groups in total. The monoisotopic (exact) mass is 298 g/mol. The Balaban J connectivity index is 1.85. The van der Waals surface area contributed by atoms with E-state index in [-0.39, 0.29) is 0 Å². The molecule has 0 amide bonds. The van der Waals surface area contributed by atoms with E-state index in [1.165, 1.54) is 11.8 Å². The Morgan fingerprint density at radius 2 is 2.10 bits per heavy atom. The molecule has 0 aliphatic rings. The number of nitrogen functional groups attached to an aromatic ring is 1. The molecule has 0 radical (unpaired) electrons. The predicted octanol–water partition coefficient (Wildman–Crippen LogP) is 3.44. The lowest BCUT2D eigenvalue weighted by Gasteiger charge is -2.04. The lowest BCUT2D eigenvalue weighted by Crippen LogP contribution is -1.95. The summed E-state index contributed by atoms with van der Waals surface area (Å²) < 4.78 is 0. The number of thiophene rings is 1. The Kier molecular flexibility index (Phi) is 3.54. The smallest absolute Gasteiger partial charge is 0.191 e. The normalized spacial score (nSPS) is 10.6. The van der Waals surface area contributed by atoms with E-state index in [0.717, 1.165) is 15.8 Å². The van der Waals surface area contributed by atoms with Gasteiger partial charge in [0.15, 0.2) is 5.16 Å². The molecule has 0 fully saturated rings. The second kappa shape index (κ2) is 5.49. The fourth-order valence-corrected chi connectivity index (χ4v) is 3.50. The van der Waals surface area contributed by atoms with E-state index in [9.17, 15) is 0 Å². The minimum atomic E-state index is 0.507. The number of nitrogens with two attached hydrogens (primary N) is 1. The molecule has 0 aliphatic carbocycles. The molecule has 20 heavy (non-hydrogen) atoms.